The van der Waals surface area contributed by atoms with Gasteiger partial charge in [0.1, 0.15) is 12.1 Å². The third-order valence-electron chi connectivity index (χ3n) is 3.47. The number of anilines is 2. The van der Waals surface area contributed by atoms with E-state index in [1.807, 2.05) is 36.4 Å². The molecular weight excluding hydrogens is 302 g/mol. The maximum atomic E-state index is 11.9. The molecule has 0 unspecified atom stereocenters. The van der Waals surface area contributed by atoms with Crippen LogP contribution in [0.2, 0.25) is 0 Å². The number of nitrogens with one attached hydrogen (secondary N) is 1. The maximum absolute atomic E-state index is 11.9. The number of nitrogens with zero attached hydrogens (tertiary/aromatic N) is 4. The lowest BCUT2D eigenvalue weighted by Gasteiger charge is -2.10. The van der Waals surface area contributed by atoms with E-state index in [-0.39, 0.29) is 5.91 Å². The van der Waals surface area contributed by atoms with Crippen LogP contribution < -0.4 is 5.32 Å². The monoisotopic (exact) mass is 319 g/mol. The van der Waals surface area contributed by atoms with Crippen LogP contribution >= 0.6 is 0 Å². The van der Waals surface area contributed by atoms with E-state index in [1.54, 1.807) is 37.6 Å². The molecule has 0 aliphatic heterocycles. The van der Waals surface area contributed by atoms with Crippen molar-refractivity contribution in [2.75, 3.05) is 19.4 Å². The Bertz CT molecular complexity index is 814. The quantitative estimate of drug-likeness (QED) is 0.800. The Morgan fingerprint density at radius 1 is 0.917 bits per heavy atom. The first kappa shape index (κ1) is 15.6. The zero-order chi connectivity index (χ0) is 16.9. The molecule has 0 radical (unpaired) electrons. The summed E-state index contributed by atoms with van der Waals surface area (Å²) < 4.78 is 0. The molecule has 120 valence electrons. The number of rotatable bonds is 4. The fraction of sp³-hybridized carbons (Fsp3) is 0.111. The van der Waals surface area contributed by atoms with E-state index in [9.17, 15) is 4.79 Å². The van der Waals surface area contributed by atoms with Gasteiger partial charge in [0.25, 0.3) is 5.91 Å². The molecule has 2 heterocycles. The van der Waals surface area contributed by atoms with E-state index in [0.717, 1.165) is 16.8 Å². The molecule has 0 saturated carbocycles. The molecule has 24 heavy (non-hydrogen) atoms. The minimum Gasteiger partial charge on any atom is -0.345 e. The number of aromatic nitrogens is 3. The van der Waals surface area contributed by atoms with Gasteiger partial charge in [0, 0.05) is 31.4 Å². The molecular formula is C18H17N5O. The second-order valence-corrected chi connectivity index (χ2v) is 5.46. The summed E-state index contributed by atoms with van der Waals surface area (Å²) in [4.78, 5) is 25.8. The van der Waals surface area contributed by atoms with Crippen LogP contribution in [0.25, 0.3) is 11.1 Å². The van der Waals surface area contributed by atoms with Gasteiger partial charge in [-0.3, -0.25) is 4.79 Å². The van der Waals surface area contributed by atoms with Crippen molar-refractivity contribution in [2.24, 2.45) is 0 Å². The summed E-state index contributed by atoms with van der Waals surface area (Å²) in [5, 5.41) is 3.13. The number of benzene rings is 1. The Hall–Kier alpha value is -3.28. The first-order chi connectivity index (χ1) is 11.6. The average Bonchev–Trinajstić information content (AvgIpc) is 2.63. The highest BCUT2D eigenvalue weighted by molar-refractivity contribution is 5.94. The summed E-state index contributed by atoms with van der Waals surface area (Å²) in [5.41, 5.74) is 3.43. The van der Waals surface area contributed by atoms with Gasteiger partial charge in [-0.1, -0.05) is 12.1 Å². The molecule has 6 nitrogen and oxygen atoms in total. The molecule has 3 rings (SSSR count). The van der Waals surface area contributed by atoms with Gasteiger partial charge in [-0.05, 0) is 29.8 Å². The Morgan fingerprint density at radius 3 is 2.17 bits per heavy atom. The molecule has 1 N–H and O–H groups in total. The van der Waals surface area contributed by atoms with Crippen molar-refractivity contribution in [3.05, 3.63) is 66.9 Å². The summed E-state index contributed by atoms with van der Waals surface area (Å²) in [5.74, 6) is 0.706. The molecule has 3 aromatic rings. The van der Waals surface area contributed by atoms with Gasteiger partial charge in [-0.25, -0.2) is 15.0 Å². The molecule has 2 aromatic heterocycles. The Balaban J connectivity index is 1.75. The first-order valence-electron chi connectivity index (χ1n) is 7.43. The van der Waals surface area contributed by atoms with Crippen molar-refractivity contribution >= 4 is 17.4 Å². The Labute approximate surface area is 140 Å². The second-order valence-electron chi connectivity index (χ2n) is 5.46. The zero-order valence-corrected chi connectivity index (χ0v) is 13.5. The largest absolute Gasteiger partial charge is 0.345 e. The smallest absolute Gasteiger partial charge is 0.253 e. The molecule has 0 aliphatic carbocycles. The van der Waals surface area contributed by atoms with Crippen molar-refractivity contribution in [3.8, 4) is 11.1 Å². The number of pyridine rings is 1. The predicted molar refractivity (Wildman–Crippen MR) is 93.0 cm³/mol. The lowest BCUT2D eigenvalue weighted by atomic mass is 10.1. The van der Waals surface area contributed by atoms with Crippen LogP contribution in [-0.2, 0) is 0 Å². The number of hydrogen-bond acceptors (Lipinski definition) is 5. The van der Waals surface area contributed by atoms with Crippen molar-refractivity contribution < 1.29 is 4.79 Å². The molecule has 1 amide bonds. The zero-order valence-electron chi connectivity index (χ0n) is 13.5. The SMILES string of the molecule is CN(C)C(=O)c1ccc(-c2ccc(Nc3cncnc3)nc2)cc1. The molecule has 1 aromatic carbocycles. The van der Waals surface area contributed by atoms with E-state index in [4.69, 9.17) is 0 Å². The molecule has 0 fully saturated rings. The van der Waals surface area contributed by atoms with E-state index < -0.39 is 0 Å². The normalized spacial score (nSPS) is 10.2. The summed E-state index contributed by atoms with van der Waals surface area (Å²) >= 11 is 0. The standard InChI is InChI=1S/C18H17N5O/c1-23(2)18(24)14-5-3-13(4-6-14)15-7-8-17(21-9-15)22-16-10-19-12-20-11-16/h3-12H,1-2H3,(H,21,22). The summed E-state index contributed by atoms with van der Waals surface area (Å²) in [6, 6.07) is 11.4. The first-order valence-corrected chi connectivity index (χ1v) is 7.43. The van der Waals surface area contributed by atoms with Crippen molar-refractivity contribution in [1.29, 1.82) is 0 Å². The van der Waals surface area contributed by atoms with Gasteiger partial charge in [-0.2, -0.15) is 0 Å². The van der Waals surface area contributed by atoms with Gasteiger partial charge >= 0.3 is 0 Å². The van der Waals surface area contributed by atoms with Crippen molar-refractivity contribution in [3.63, 3.8) is 0 Å². The van der Waals surface area contributed by atoms with Crippen molar-refractivity contribution in [2.45, 2.75) is 0 Å². The van der Waals surface area contributed by atoms with Crippen LogP contribution in [0.5, 0.6) is 0 Å². The predicted octanol–water partition coefficient (Wildman–Crippen LogP) is 2.98. The molecule has 0 atom stereocenters. The molecule has 0 saturated heterocycles. The van der Waals surface area contributed by atoms with Crippen LogP contribution in [0, 0.1) is 0 Å². The molecule has 0 bridgehead atoms. The summed E-state index contributed by atoms with van der Waals surface area (Å²) in [6.45, 7) is 0. The molecule has 0 spiro atoms. The lowest BCUT2D eigenvalue weighted by Crippen LogP contribution is -2.21. The van der Waals surface area contributed by atoms with Crippen LogP contribution in [0.15, 0.2) is 61.3 Å². The van der Waals surface area contributed by atoms with E-state index in [1.165, 1.54) is 6.33 Å². The third-order valence-corrected chi connectivity index (χ3v) is 3.47. The van der Waals surface area contributed by atoms with Crippen LogP contribution in [0.4, 0.5) is 11.5 Å². The highest BCUT2D eigenvalue weighted by atomic mass is 16.2. The van der Waals surface area contributed by atoms with Gasteiger partial charge in [-0.15, -0.1) is 0 Å². The van der Waals surface area contributed by atoms with Crippen LogP contribution in [0.3, 0.4) is 0 Å². The lowest BCUT2D eigenvalue weighted by molar-refractivity contribution is 0.0827. The highest BCUT2D eigenvalue weighted by Crippen LogP contribution is 2.21. The summed E-state index contributed by atoms with van der Waals surface area (Å²) in [7, 11) is 3.48. The number of hydrogen-bond donors (Lipinski definition) is 1. The number of carbonyl (C=O) groups is 1. The van der Waals surface area contributed by atoms with E-state index >= 15 is 0 Å². The van der Waals surface area contributed by atoms with E-state index in [2.05, 4.69) is 20.3 Å². The number of amides is 1. The molecule has 6 heteroatoms. The second kappa shape index (κ2) is 6.87. The third kappa shape index (κ3) is 3.55. The summed E-state index contributed by atoms with van der Waals surface area (Å²) in [6.07, 6.45) is 6.63. The Kier molecular flexibility index (Phi) is 4.47. The highest BCUT2D eigenvalue weighted by Gasteiger charge is 2.08. The Morgan fingerprint density at radius 2 is 1.58 bits per heavy atom. The minimum absolute atomic E-state index is 0.00990. The van der Waals surface area contributed by atoms with Crippen LogP contribution in [0.1, 0.15) is 10.4 Å². The molecule has 0 aliphatic rings. The van der Waals surface area contributed by atoms with Gasteiger partial charge < -0.3 is 10.2 Å². The maximum Gasteiger partial charge on any atom is 0.253 e. The fourth-order valence-electron chi connectivity index (χ4n) is 2.21. The number of carbonyl (C=O) groups excluding carboxylic acids is 1. The average molecular weight is 319 g/mol. The van der Waals surface area contributed by atoms with Crippen LogP contribution in [-0.4, -0.2) is 39.9 Å². The van der Waals surface area contributed by atoms with E-state index in [0.29, 0.717) is 11.4 Å². The van der Waals surface area contributed by atoms with Gasteiger partial charge in [0.2, 0.25) is 0 Å². The van der Waals surface area contributed by atoms with Gasteiger partial charge in [0.15, 0.2) is 0 Å². The minimum atomic E-state index is -0.00990. The van der Waals surface area contributed by atoms with Crippen molar-refractivity contribution in [1.82, 2.24) is 19.9 Å². The fourth-order valence-corrected chi connectivity index (χ4v) is 2.21. The topological polar surface area (TPSA) is 71.0 Å². The van der Waals surface area contributed by atoms with Gasteiger partial charge in [0.05, 0.1) is 18.1 Å².